The predicted molar refractivity (Wildman–Crippen MR) is 90.2 cm³/mol. The Morgan fingerprint density at radius 1 is 1.43 bits per heavy atom. The topological polar surface area (TPSA) is 96.2 Å². The first-order valence-corrected chi connectivity index (χ1v) is 8.51. The number of nitriles is 1. The van der Waals surface area contributed by atoms with Gasteiger partial charge < -0.3 is 9.73 Å². The fourth-order valence-electron chi connectivity index (χ4n) is 3.04. The molecule has 1 atom stereocenters. The van der Waals surface area contributed by atoms with Crippen LogP contribution in [-0.4, -0.2) is 32.7 Å². The monoisotopic (exact) mass is 389 g/mol. The van der Waals surface area contributed by atoms with Gasteiger partial charge in [-0.15, -0.1) is 0 Å². The maximum Gasteiger partial charge on any atom is 0.408 e. The normalized spacial score (nSPS) is 15.4. The predicted octanol–water partition coefficient (Wildman–Crippen LogP) is 3.24. The van der Waals surface area contributed by atoms with E-state index in [4.69, 9.17) is 9.68 Å². The standard InChI is InChI=1S/C18H14F3N5O2/c1-9-6-12(14-5-4-11(7-22)28-14)25-26-13(9)8-23-16(26)17(27)24-15(10-2-3-10)18(19,20)21/h4-6,8,10,15H,2-3H2,1H3,(H,24,27). The van der Waals surface area contributed by atoms with Crippen molar-refractivity contribution >= 4 is 11.4 Å². The second-order valence-corrected chi connectivity index (χ2v) is 6.70. The molecule has 3 heterocycles. The molecule has 1 saturated carbocycles. The van der Waals surface area contributed by atoms with Crippen molar-refractivity contribution in [1.82, 2.24) is 19.9 Å². The molecule has 1 N–H and O–H groups in total. The van der Waals surface area contributed by atoms with Gasteiger partial charge in [0.1, 0.15) is 17.8 Å². The van der Waals surface area contributed by atoms with Crippen molar-refractivity contribution in [3.63, 3.8) is 0 Å². The van der Waals surface area contributed by atoms with E-state index in [-0.39, 0.29) is 11.6 Å². The van der Waals surface area contributed by atoms with Gasteiger partial charge in [-0.3, -0.25) is 4.79 Å². The van der Waals surface area contributed by atoms with Crippen LogP contribution in [0, 0.1) is 24.2 Å². The minimum Gasteiger partial charge on any atom is -0.444 e. The van der Waals surface area contributed by atoms with Crippen LogP contribution < -0.4 is 5.32 Å². The lowest BCUT2D eigenvalue weighted by Crippen LogP contribution is -2.47. The van der Waals surface area contributed by atoms with E-state index < -0.39 is 24.0 Å². The number of aromatic nitrogens is 3. The van der Waals surface area contributed by atoms with E-state index in [2.05, 4.69) is 15.4 Å². The van der Waals surface area contributed by atoms with Crippen LogP contribution in [0.15, 0.2) is 28.8 Å². The first-order valence-electron chi connectivity index (χ1n) is 8.51. The molecule has 0 bridgehead atoms. The Kier molecular flexibility index (Phi) is 4.10. The highest BCUT2D eigenvalue weighted by atomic mass is 19.4. The van der Waals surface area contributed by atoms with Crippen molar-refractivity contribution in [3.05, 3.63) is 41.5 Å². The van der Waals surface area contributed by atoms with Crippen molar-refractivity contribution < 1.29 is 22.4 Å². The number of furan rings is 1. The van der Waals surface area contributed by atoms with Gasteiger partial charge in [0.2, 0.25) is 11.6 Å². The molecule has 1 amide bonds. The number of alkyl halides is 3. The lowest BCUT2D eigenvalue weighted by molar-refractivity contribution is -0.158. The highest BCUT2D eigenvalue weighted by Gasteiger charge is 2.50. The van der Waals surface area contributed by atoms with Gasteiger partial charge in [-0.05, 0) is 49.4 Å². The first kappa shape index (κ1) is 18.0. The summed E-state index contributed by atoms with van der Waals surface area (Å²) in [5, 5.41) is 15.2. The molecule has 144 valence electrons. The van der Waals surface area contributed by atoms with Gasteiger partial charge in [0.15, 0.2) is 5.76 Å². The smallest absolute Gasteiger partial charge is 0.408 e. The summed E-state index contributed by atoms with van der Waals surface area (Å²) in [5.74, 6) is -1.41. The molecule has 0 spiro atoms. The molecular formula is C18H14F3N5O2. The Labute approximate surface area is 156 Å². The fourth-order valence-corrected chi connectivity index (χ4v) is 3.04. The summed E-state index contributed by atoms with van der Waals surface area (Å²) < 4.78 is 46.2. The molecular weight excluding hydrogens is 375 g/mol. The number of amides is 1. The number of halogens is 3. The van der Waals surface area contributed by atoms with E-state index in [1.54, 1.807) is 19.1 Å². The van der Waals surface area contributed by atoms with Gasteiger partial charge in [-0.25, -0.2) is 9.50 Å². The van der Waals surface area contributed by atoms with Crippen LogP contribution in [0.1, 0.15) is 34.8 Å². The second kappa shape index (κ2) is 6.37. The van der Waals surface area contributed by atoms with Gasteiger partial charge in [0, 0.05) is 0 Å². The summed E-state index contributed by atoms with van der Waals surface area (Å²) in [6, 6.07) is 4.67. The molecule has 3 aromatic rings. The van der Waals surface area contributed by atoms with E-state index in [0.717, 1.165) is 0 Å². The zero-order chi connectivity index (χ0) is 20.1. The number of aryl methyl sites for hydroxylation is 1. The van der Waals surface area contributed by atoms with Gasteiger partial charge in [-0.2, -0.15) is 23.5 Å². The third-order valence-corrected chi connectivity index (χ3v) is 4.61. The molecule has 1 unspecified atom stereocenters. The number of nitrogens with zero attached hydrogens (tertiary/aromatic N) is 4. The minimum atomic E-state index is -4.53. The van der Waals surface area contributed by atoms with Crippen LogP contribution in [0.4, 0.5) is 13.2 Å². The molecule has 7 nitrogen and oxygen atoms in total. The molecule has 1 aliphatic rings. The van der Waals surface area contributed by atoms with Gasteiger partial charge >= 0.3 is 6.18 Å². The summed E-state index contributed by atoms with van der Waals surface area (Å²) >= 11 is 0. The van der Waals surface area contributed by atoms with Crippen LogP contribution in [0.3, 0.4) is 0 Å². The zero-order valence-electron chi connectivity index (χ0n) is 14.6. The second-order valence-electron chi connectivity index (χ2n) is 6.70. The number of hydrogen-bond donors (Lipinski definition) is 1. The molecule has 28 heavy (non-hydrogen) atoms. The number of rotatable bonds is 4. The fraction of sp³-hybridized carbons (Fsp3) is 0.333. The number of fused-ring (bicyclic) bond motifs is 1. The average molecular weight is 389 g/mol. The number of carbonyl (C=O) groups excluding carboxylic acids is 1. The van der Waals surface area contributed by atoms with Crippen molar-refractivity contribution in [2.45, 2.75) is 32.0 Å². The third-order valence-electron chi connectivity index (χ3n) is 4.61. The Morgan fingerprint density at radius 2 is 2.18 bits per heavy atom. The lowest BCUT2D eigenvalue weighted by Gasteiger charge is -2.20. The largest absolute Gasteiger partial charge is 0.444 e. The highest BCUT2D eigenvalue weighted by molar-refractivity contribution is 5.92. The Hall–Kier alpha value is -3.35. The Balaban J connectivity index is 1.71. The Bertz CT molecular complexity index is 1100. The molecule has 10 heteroatoms. The summed E-state index contributed by atoms with van der Waals surface area (Å²) in [5.41, 5.74) is 1.50. The van der Waals surface area contributed by atoms with Crippen LogP contribution in [0.25, 0.3) is 17.0 Å². The van der Waals surface area contributed by atoms with Gasteiger partial charge in [-0.1, -0.05) is 0 Å². The maximum atomic E-state index is 13.2. The first-order chi connectivity index (χ1) is 13.3. The molecule has 0 saturated heterocycles. The maximum absolute atomic E-state index is 13.2. The number of nitrogens with one attached hydrogen (secondary N) is 1. The van der Waals surface area contributed by atoms with Gasteiger partial charge in [0.25, 0.3) is 5.91 Å². The van der Waals surface area contributed by atoms with Gasteiger partial charge in [0.05, 0.1) is 11.7 Å². The molecule has 1 aliphatic carbocycles. The summed E-state index contributed by atoms with van der Waals surface area (Å²) in [6.07, 6.45) is -2.30. The van der Waals surface area contributed by atoms with E-state index >= 15 is 0 Å². The average Bonchev–Trinajstić information content (AvgIpc) is 3.18. The van der Waals surface area contributed by atoms with Crippen LogP contribution >= 0.6 is 0 Å². The third kappa shape index (κ3) is 3.19. The highest BCUT2D eigenvalue weighted by Crippen LogP contribution is 2.40. The van der Waals surface area contributed by atoms with Crippen molar-refractivity contribution in [2.75, 3.05) is 0 Å². The SMILES string of the molecule is Cc1cc(-c2ccc(C#N)o2)nn2c(C(=O)NC(C3CC3)C(F)(F)F)ncc12. The van der Waals surface area contributed by atoms with E-state index in [1.165, 1.54) is 16.8 Å². The molecule has 0 aliphatic heterocycles. The van der Waals surface area contributed by atoms with E-state index in [9.17, 15) is 18.0 Å². The molecule has 0 aromatic carbocycles. The van der Waals surface area contributed by atoms with Crippen LogP contribution in [-0.2, 0) is 0 Å². The number of hydrogen-bond acceptors (Lipinski definition) is 5. The van der Waals surface area contributed by atoms with Crippen molar-refractivity contribution in [2.24, 2.45) is 5.92 Å². The van der Waals surface area contributed by atoms with E-state index in [1.807, 2.05) is 6.07 Å². The minimum absolute atomic E-state index is 0.0931. The molecule has 3 aromatic heterocycles. The van der Waals surface area contributed by atoms with Crippen LogP contribution in [0.2, 0.25) is 0 Å². The quantitative estimate of drug-likeness (QED) is 0.739. The summed E-state index contributed by atoms with van der Waals surface area (Å²) in [6.45, 7) is 1.75. The molecule has 0 radical (unpaired) electrons. The van der Waals surface area contributed by atoms with Crippen LogP contribution in [0.5, 0.6) is 0 Å². The Morgan fingerprint density at radius 3 is 2.79 bits per heavy atom. The van der Waals surface area contributed by atoms with Crippen molar-refractivity contribution in [1.29, 1.82) is 5.26 Å². The lowest BCUT2D eigenvalue weighted by atomic mass is 10.2. The molecule has 1 fully saturated rings. The summed E-state index contributed by atoms with van der Waals surface area (Å²) in [4.78, 5) is 16.5. The number of carbonyl (C=O) groups is 1. The van der Waals surface area contributed by atoms with E-state index in [0.29, 0.717) is 35.4 Å². The zero-order valence-corrected chi connectivity index (χ0v) is 14.6. The summed E-state index contributed by atoms with van der Waals surface area (Å²) in [7, 11) is 0. The van der Waals surface area contributed by atoms with Crippen molar-refractivity contribution in [3.8, 4) is 17.5 Å². The molecule has 4 rings (SSSR count). The number of imidazole rings is 1.